The van der Waals surface area contributed by atoms with Gasteiger partial charge in [0.05, 0.1) is 0 Å². The van der Waals surface area contributed by atoms with E-state index >= 15 is 0 Å². The van der Waals surface area contributed by atoms with Crippen molar-refractivity contribution >= 4 is 5.91 Å². The van der Waals surface area contributed by atoms with Gasteiger partial charge in [-0.15, -0.1) is 0 Å². The van der Waals surface area contributed by atoms with Gasteiger partial charge in [0.25, 0.3) is 0 Å². The molecule has 3 nitrogen and oxygen atoms in total. The van der Waals surface area contributed by atoms with E-state index in [-0.39, 0.29) is 17.4 Å². The first-order chi connectivity index (χ1) is 7.79. The SMILES string of the molecule is C=C(CNC(C)(C)C)CN1CCCC(C)C1=O. The summed E-state index contributed by atoms with van der Waals surface area (Å²) in [7, 11) is 0. The molecule has 17 heavy (non-hydrogen) atoms. The fraction of sp³-hybridized carbons (Fsp3) is 0.786. The van der Waals surface area contributed by atoms with Crippen LogP contribution in [-0.2, 0) is 4.79 Å². The van der Waals surface area contributed by atoms with Gasteiger partial charge in [0.15, 0.2) is 0 Å². The molecule has 1 N–H and O–H groups in total. The van der Waals surface area contributed by atoms with Gasteiger partial charge in [0.1, 0.15) is 0 Å². The van der Waals surface area contributed by atoms with E-state index in [0.29, 0.717) is 6.54 Å². The normalized spacial score (nSPS) is 21.8. The first-order valence-corrected chi connectivity index (χ1v) is 6.50. The van der Waals surface area contributed by atoms with Crippen LogP contribution in [0.5, 0.6) is 0 Å². The number of hydrogen-bond donors (Lipinski definition) is 1. The second-order valence-electron chi connectivity index (χ2n) is 6.16. The highest BCUT2D eigenvalue weighted by molar-refractivity contribution is 5.79. The smallest absolute Gasteiger partial charge is 0.225 e. The van der Waals surface area contributed by atoms with Crippen molar-refractivity contribution < 1.29 is 4.79 Å². The molecule has 0 aliphatic carbocycles. The summed E-state index contributed by atoms with van der Waals surface area (Å²) in [6.07, 6.45) is 2.15. The Morgan fingerprint density at radius 1 is 1.53 bits per heavy atom. The third-order valence-electron chi connectivity index (χ3n) is 3.08. The Morgan fingerprint density at radius 3 is 2.76 bits per heavy atom. The van der Waals surface area contributed by atoms with Gasteiger partial charge in [0.2, 0.25) is 5.91 Å². The van der Waals surface area contributed by atoms with Crippen molar-refractivity contribution in [3.8, 4) is 0 Å². The second kappa shape index (κ2) is 5.67. The summed E-state index contributed by atoms with van der Waals surface area (Å²) in [4.78, 5) is 13.9. The minimum atomic E-state index is 0.0993. The lowest BCUT2D eigenvalue weighted by Crippen LogP contribution is -2.43. The average molecular weight is 238 g/mol. The number of hydrogen-bond acceptors (Lipinski definition) is 2. The number of rotatable bonds is 4. The zero-order chi connectivity index (χ0) is 13.1. The number of likely N-dealkylation sites (tertiary alicyclic amines) is 1. The molecule has 1 fully saturated rings. The summed E-state index contributed by atoms with van der Waals surface area (Å²) in [5, 5.41) is 3.40. The molecule has 0 bridgehead atoms. The van der Waals surface area contributed by atoms with Crippen LogP contribution < -0.4 is 5.32 Å². The molecule has 1 saturated heterocycles. The summed E-state index contributed by atoms with van der Waals surface area (Å²) >= 11 is 0. The van der Waals surface area contributed by atoms with Crippen LogP contribution in [0.25, 0.3) is 0 Å². The first kappa shape index (κ1) is 14.2. The molecule has 3 heteroatoms. The lowest BCUT2D eigenvalue weighted by atomic mass is 9.99. The second-order valence-corrected chi connectivity index (χ2v) is 6.16. The van der Waals surface area contributed by atoms with Crippen LogP contribution in [-0.4, -0.2) is 36.0 Å². The molecule has 1 unspecified atom stereocenters. The van der Waals surface area contributed by atoms with E-state index in [1.165, 1.54) is 0 Å². The number of carbonyl (C=O) groups excluding carboxylic acids is 1. The topological polar surface area (TPSA) is 32.3 Å². The van der Waals surface area contributed by atoms with Gasteiger partial charge in [-0.2, -0.15) is 0 Å². The molecule has 0 saturated carbocycles. The van der Waals surface area contributed by atoms with Crippen molar-refractivity contribution in [1.82, 2.24) is 10.2 Å². The number of nitrogens with one attached hydrogen (secondary N) is 1. The zero-order valence-corrected chi connectivity index (χ0v) is 11.7. The van der Waals surface area contributed by atoms with Crippen molar-refractivity contribution in [2.24, 2.45) is 5.92 Å². The number of amides is 1. The molecule has 1 rings (SSSR count). The molecular weight excluding hydrogens is 212 g/mol. The van der Waals surface area contributed by atoms with E-state index in [9.17, 15) is 4.79 Å². The monoisotopic (exact) mass is 238 g/mol. The Kier molecular flexibility index (Phi) is 4.75. The molecule has 1 heterocycles. The average Bonchev–Trinajstić information content (AvgIpc) is 2.21. The highest BCUT2D eigenvalue weighted by Gasteiger charge is 2.25. The number of piperidine rings is 1. The third-order valence-corrected chi connectivity index (χ3v) is 3.08. The van der Waals surface area contributed by atoms with E-state index in [2.05, 4.69) is 32.7 Å². The van der Waals surface area contributed by atoms with Crippen molar-refractivity contribution in [2.75, 3.05) is 19.6 Å². The van der Waals surface area contributed by atoms with Gasteiger partial charge in [-0.1, -0.05) is 13.5 Å². The summed E-state index contributed by atoms with van der Waals surface area (Å²) in [6.45, 7) is 14.8. The number of nitrogens with zero attached hydrogens (tertiary/aromatic N) is 1. The summed E-state index contributed by atoms with van der Waals surface area (Å²) in [6, 6.07) is 0. The van der Waals surface area contributed by atoms with Crippen LogP contribution >= 0.6 is 0 Å². The van der Waals surface area contributed by atoms with E-state index in [1.54, 1.807) is 0 Å². The predicted octanol–water partition coefficient (Wildman–Crippen LogP) is 2.19. The minimum absolute atomic E-state index is 0.0993. The molecule has 0 aromatic rings. The van der Waals surface area contributed by atoms with Crippen LogP contribution in [0, 0.1) is 5.92 Å². The largest absolute Gasteiger partial charge is 0.338 e. The van der Waals surface area contributed by atoms with Gasteiger partial charge in [0, 0.05) is 31.1 Å². The summed E-state index contributed by atoms with van der Waals surface area (Å²) < 4.78 is 0. The van der Waals surface area contributed by atoms with Crippen LogP contribution in [0.4, 0.5) is 0 Å². The van der Waals surface area contributed by atoms with Crippen LogP contribution in [0.15, 0.2) is 12.2 Å². The van der Waals surface area contributed by atoms with Crippen LogP contribution in [0.1, 0.15) is 40.5 Å². The van der Waals surface area contributed by atoms with Gasteiger partial charge < -0.3 is 10.2 Å². The fourth-order valence-corrected chi connectivity index (χ4v) is 2.01. The van der Waals surface area contributed by atoms with Gasteiger partial charge in [-0.3, -0.25) is 4.79 Å². The molecule has 1 aliphatic rings. The van der Waals surface area contributed by atoms with Gasteiger partial charge in [-0.05, 0) is 39.2 Å². The van der Waals surface area contributed by atoms with E-state index in [4.69, 9.17) is 0 Å². The molecule has 1 amide bonds. The lowest BCUT2D eigenvalue weighted by Gasteiger charge is -2.32. The van der Waals surface area contributed by atoms with Crippen molar-refractivity contribution in [1.29, 1.82) is 0 Å². The quantitative estimate of drug-likeness (QED) is 0.761. The standard InChI is InChI=1S/C14H26N2O/c1-11(9-15-14(3,4)5)10-16-8-6-7-12(2)13(16)17/h12,15H,1,6-10H2,2-5H3. The Balaban J connectivity index is 2.38. The Hall–Kier alpha value is -0.830. The van der Waals surface area contributed by atoms with Crippen molar-refractivity contribution in [3.05, 3.63) is 12.2 Å². The third kappa shape index (κ3) is 4.90. The molecule has 0 radical (unpaired) electrons. The molecular formula is C14H26N2O. The van der Waals surface area contributed by atoms with Crippen LogP contribution in [0.2, 0.25) is 0 Å². The predicted molar refractivity (Wildman–Crippen MR) is 71.9 cm³/mol. The van der Waals surface area contributed by atoms with E-state index in [0.717, 1.165) is 31.5 Å². The molecule has 1 atom stereocenters. The maximum Gasteiger partial charge on any atom is 0.225 e. The number of carbonyl (C=O) groups is 1. The minimum Gasteiger partial charge on any atom is -0.338 e. The maximum atomic E-state index is 11.9. The lowest BCUT2D eigenvalue weighted by molar-refractivity contribution is -0.137. The van der Waals surface area contributed by atoms with Gasteiger partial charge >= 0.3 is 0 Å². The highest BCUT2D eigenvalue weighted by atomic mass is 16.2. The summed E-state index contributed by atoms with van der Waals surface area (Å²) in [5.41, 5.74) is 1.18. The first-order valence-electron chi connectivity index (χ1n) is 6.50. The molecule has 0 aromatic carbocycles. The van der Waals surface area contributed by atoms with Crippen LogP contribution in [0.3, 0.4) is 0 Å². The van der Waals surface area contributed by atoms with Crippen molar-refractivity contribution in [3.63, 3.8) is 0 Å². The fourth-order valence-electron chi connectivity index (χ4n) is 2.01. The Morgan fingerprint density at radius 2 is 2.18 bits per heavy atom. The molecule has 0 aromatic heterocycles. The molecule has 98 valence electrons. The molecule has 0 spiro atoms. The van der Waals surface area contributed by atoms with Crippen molar-refractivity contribution in [2.45, 2.75) is 46.1 Å². The summed E-state index contributed by atoms with van der Waals surface area (Å²) in [5.74, 6) is 0.472. The Labute approximate surface area is 105 Å². The molecule has 1 aliphatic heterocycles. The Bertz CT molecular complexity index is 291. The van der Waals surface area contributed by atoms with E-state index in [1.807, 2.05) is 11.8 Å². The highest BCUT2D eigenvalue weighted by Crippen LogP contribution is 2.17. The van der Waals surface area contributed by atoms with Gasteiger partial charge in [-0.25, -0.2) is 0 Å². The zero-order valence-electron chi connectivity index (χ0n) is 11.7. The maximum absolute atomic E-state index is 11.9. The van der Waals surface area contributed by atoms with E-state index < -0.39 is 0 Å².